The van der Waals surface area contributed by atoms with E-state index in [4.69, 9.17) is 9.15 Å². The van der Waals surface area contributed by atoms with Crippen LogP contribution in [0, 0.1) is 0 Å². The van der Waals surface area contributed by atoms with Crippen LogP contribution in [-0.2, 0) is 16.1 Å². The number of carbonyl (C=O) groups excluding carboxylic acids is 2. The number of nitrogens with one attached hydrogen (secondary N) is 2. The first-order valence-electron chi connectivity index (χ1n) is 6.47. The molecule has 1 aromatic heterocycles. The summed E-state index contributed by atoms with van der Waals surface area (Å²) in [6, 6.07) is 2.83. The predicted molar refractivity (Wildman–Crippen MR) is 74.5 cm³/mol. The van der Waals surface area contributed by atoms with Gasteiger partial charge < -0.3 is 19.6 Å². The van der Waals surface area contributed by atoms with Crippen LogP contribution in [0.15, 0.2) is 22.8 Å². The second kappa shape index (κ2) is 9.11. The van der Waals surface area contributed by atoms with Gasteiger partial charge in [0.05, 0.1) is 32.1 Å². The van der Waals surface area contributed by atoms with Crippen molar-refractivity contribution >= 4 is 11.9 Å². The summed E-state index contributed by atoms with van der Waals surface area (Å²) in [5, 5.41) is 14.2. The minimum atomic E-state index is -0.680. The van der Waals surface area contributed by atoms with Gasteiger partial charge in [0, 0.05) is 13.7 Å². The first kappa shape index (κ1) is 17.2. The van der Waals surface area contributed by atoms with Gasteiger partial charge in [-0.3, -0.25) is 15.0 Å². The average molecular weight is 299 g/mol. The van der Waals surface area contributed by atoms with Crippen LogP contribution in [0.1, 0.15) is 5.76 Å². The molecule has 8 nitrogen and oxygen atoms in total. The molecule has 1 aromatic rings. The number of hydrogen-bond acceptors (Lipinski definition) is 6. The van der Waals surface area contributed by atoms with Crippen LogP contribution in [0.4, 0.5) is 4.79 Å². The van der Waals surface area contributed by atoms with E-state index in [0.29, 0.717) is 5.76 Å². The molecule has 0 aliphatic carbocycles. The number of carbonyl (C=O) groups is 2. The lowest BCUT2D eigenvalue weighted by Crippen LogP contribution is -2.45. The van der Waals surface area contributed by atoms with E-state index in [1.54, 1.807) is 24.1 Å². The van der Waals surface area contributed by atoms with Crippen LogP contribution in [0.3, 0.4) is 0 Å². The number of methoxy groups -OCH3 is 1. The molecule has 1 unspecified atom stereocenters. The summed E-state index contributed by atoms with van der Waals surface area (Å²) in [6.45, 7) is 0.661. The fourth-order valence-electron chi connectivity index (χ4n) is 1.71. The molecule has 0 saturated heterocycles. The number of likely N-dealkylation sites (N-methyl/N-ethyl adjacent to an activating group) is 1. The molecular formula is C13H21N3O5. The summed E-state index contributed by atoms with van der Waals surface area (Å²) in [5.74, 6) is 0.136. The van der Waals surface area contributed by atoms with Gasteiger partial charge in [0.1, 0.15) is 5.76 Å². The van der Waals surface area contributed by atoms with E-state index in [0.717, 1.165) is 0 Å². The van der Waals surface area contributed by atoms with Gasteiger partial charge in [0.15, 0.2) is 0 Å². The molecule has 0 radical (unpaired) electrons. The fourth-order valence-corrected chi connectivity index (χ4v) is 1.71. The Morgan fingerprint density at radius 2 is 2.29 bits per heavy atom. The van der Waals surface area contributed by atoms with Crippen molar-refractivity contribution in [1.29, 1.82) is 0 Å². The van der Waals surface area contributed by atoms with E-state index < -0.39 is 18.0 Å². The van der Waals surface area contributed by atoms with Crippen molar-refractivity contribution < 1.29 is 23.8 Å². The number of amides is 3. The lowest BCUT2D eigenvalue weighted by Gasteiger charge is -2.19. The molecule has 1 rings (SSSR count). The quantitative estimate of drug-likeness (QED) is 0.600. The molecule has 0 spiro atoms. The van der Waals surface area contributed by atoms with Crippen molar-refractivity contribution in [1.82, 2.24) is 15.5 Å². The van der Waals surface area contributed by atoms with E-state index in [2.05, 4.69) is 10.6 Å². The highest BCUT2D eigenvalue weighted by Crippen LogP contribution is 1.98. The molecule has 0 fully saturated rings. The number of hydrogen-bond donors (Lipinski definition) is 3. The minimum Gasteiger partial charge on any atom is -0.467 e. The maximum Gasteiger partial charge on any atom is 0.321 e. The molecule has 0 bridgehead atoms. The Labute approximate surface area is 123 Å². The largest absolute Gasteiger partial charge is 0.467 e. The first-order chi connectivity index (χ1) is 10.0. The SMILES string of the molecule is COCC(O)CN(C)CC(=O)NC(=O)NCc1ccco1. The number of urea groups is 1. The van der Waals surface area contributed by atoms with Crippen LogP contribution in [-0.4, -0.2) is 61.9 Å². The van der Waals surface area contributed by atoms with Crippen molar-refractivity contribution in [2.24, 2.45) is 0 Å². The predicted octanol–water partition coefficient (Wildman–Crippen LogP) is -0.455. The Bertz CT molecular complexity index is 435. The van der Waals surface area contributed by atoms with Gasteiger partial charge in [-0.1, -0.05) is 0 Å². The van der Waals surface area contributed by atoms with E-state index >= 15 is 0 Å². The van der Waals surface area contributed by atoms with E-state index in [9.17, 15) is 14.7 Å². The normalized spacial score (nSPS) is 12.2. The summed E-state index contributed by atoms with van der Waals surface area (Å²) in [6.07, 6.45) is 0.820. The van der Waals surface area contributed by atoms with Crippen LogP contribution in [0.5, 0.6) is 0 Å². The van der Waals surface area contributed by atoms with Gasteiger partial charge in [-0.15, -0.1) is 0 Å². The Morgan fingerprint density at radius 1 is 1.52 bits per heavy atom. The zero-order valence-electron chi connectivity index (χ0n) is 12.2. The highest BCUT2D eigenvalue weighted by molar-refractivity contribution is 5.95. The third-order valence-corrected chi connectivity index (χ3v) is 2.55. The molecule has 0 saturated carbocycles. The molecule has 0 aliphatic rings. The molecule has 1 atom stereocenters. The van der Waals surface area contributed by atoms with Crippen LogP contribution < -0.4 is 10.6 Å². The third kappa shape index (κ3) is 7.45. The maximum absolute atomic E-state index is 11.6. The number of imide groups is 1. The lowest BCUT2D eigenvalue weighted by atomic mass is 10.3. The van der Waals surface area contributed by atoms with Gasteiger partial charge in [0.25, 0.3) is 0 Å². The zero-order chi connectivity index (χ0) is 15.7. The molecular weight excluding hydrogens is 278 g/mol. The smallest absolute Gasteiger partial charge is 0.321 e. The van der Waals surface area contributed by atoms with Crippen LogP contribution >= 0.6 is 0 Å². The van der Waals surface area contributed by atoms with Crippen LogP contribution in [0.2, 0.25) is 0 Å². The topological polar surface area (TPSA) is 104 Å². The van der Waals surface area contributed by atoms with Gasteiger partial charge in [-0.2, -0.15) is 0 Å². The third-order valence-electron chi connectivity index (χ3n) is 2.55. The van der Waals surface area contributed by atoms with Gasteiger partial charge in [-0.05, 0) is 19.2 Å². The number of furan rings is 1. The molecule has 3 amide bonds. The maximum atomic E-state index is 11.6. The first-order valence-corrected chi connectivity index (χ1v) is 6.47. The summed E-state index contributed by atoms with van der Waals surface area (Å²) in [4.78, 5) is 24.7. The molecule has 0 aromatic carbocycles. The second-order valence-corrected chi connectivity index (χ2v) is 4.62. The number of rotatable bonds is 8. The van der Waals surface area contributed by atoms with Crippen molar-refractivity contribution in [3.8, 4) is 0 Å². The summed E-state index contributed by atoms with van der Waals surface area (Å²) >= 11 is 0. The molecule has 8 heteroatoms. The van der Waals surface area contributed by atoms with Crippen molar-refractivity contribution in [3.05, 3.63) is 24.2 Å². The minimum absolute atomic E-state index is 0.00501. The van der Waals surface area contributed by atoms with Gasteiger partial charge in [-0.25, -0.2) is 4.79 Å². The fraction of sp³-hybridized carbons (Fsp3) is 0.538. The van der Waals surface area contributed by atoms with Crippen LogP contribution in [0.25, 0.3) is 0 Å². The molecule has 118 valence electrons. The van der Waals surface area contributed by atoms with Crippen molar-refractivity contribution in [2.75, 3.05) is 33.9 Å². The highest BCUT2D eigenvalue weighted by atomic mass is 16.5. The molecule has 0 aliphatic heterocycles. The second-order valence-electron chi connectivity index (χ2n) is 4.62. The summed E-state index contributed by atoms with van der Waals surface area (Å²) < 4.78 is 9.84. The Balaban J connectivity index is 2.21. The average Bonchev–Trinajstić information content (AvgIpc) is 2.89. The number of nitrogens with zero attached hydrogens (tertiary/aromatic N) is 1. The molecule has 1 heterocycles. The van der Waals surface area contributed by atoms with Gasteiger partial charge in [0.2, 0.25) is 5.91 Å². The van der Waals surface area contributed by atoms with E-state index in [-0.39, 0.29) is 26.2 Å². The molecule has 3 N–H and O–H groups in total. The number of aliphatic hydroxyl groups excluding tert-OH is 1. The Kier molecular flexibility index (Phi) is 7.44. The number of aliphatic hydroxyl groups is 1. The van der Waals surface area contributed by atoms with Gasteiger partial charge >= 0.3 is 6.03 Å². The monoisotopic (exact) mass is 299 g/mol. The summed E-state index contributed by atoms with van der Waals surface area (Å²) in [7, 11) is 3.15. The standard InChI is InChI=1S/C13H21N3O5/c1-16(7-10(17)9-20-2)8-12(18)15-13(19)14-6-11-4-3-5-21-11/h3-5,10,17H,6-9H2,1-2H3,(H2,14,15,18,19). The lowest BCUT2D eigenvalue weighted by molar-refractivity contribution is -0.121. The Hall–Kier alpha value is -1.90. The van der Waals surface area contributed by atoms with E-state index in [1.807, 2.05) is 0 Å². The Morgan fingerprint density at radius 3 is 2.90 bits per heavy atom. The van der Waals surface area contributed by atoms with E-state index in [1.165, 1.54) is 13.4 Å². The van der Waals surface area contributed by atoms with Crippen molar-refractivity contribution in [2.45, 2.75) is 12.6 Å². The molecule has 21 heavy (non-hydrogen) atoms. The van der Waals surface area contributed by atoms with Crippen molar-refractivity contribution in [3.63, 3.8) is 0 Å². The summed E-state index contributed by atoms with van der Waals surface area (Å²) in [5.41, 5.74) is 0. The highest BCUT2D eigenvalue weighted by Gasteiger charge is 2.13. The number of ether oxygens (including phenoxy) is 1. The zero-order valence-corrected chi connectivity index (χ0v) is 12.2.